The molecule has 2 rings (SSSR count). The highest BCUT2D eigenvalue weighted by atomic mass is 14.4. The Kier molecular flexibility index (Phi) is 1.80. The monoisotopic (exact) mass is 172 g/mol. The van der Waals surface area contributed by atoms with Gasteiger partial charge in [-0.25, -0.2) is 0 Å². The lowest BCUT2D eigenvalue weighted by Gasteiger charge is -2.41. The van der Waals surface area contributed by atoms with E-state index in [0.717, 1.165) is 0 Å². The molecule has 1 aromatic rings. The highest BCUT2D eigenvalue weighted by Gasteiger charge is 2.37. The van der Waals surface area contributed by atoms with E-state index in [0.29, 0.717) is 0 Å². The summed E-state index contributed by atoms with van der Waals surface area (Å²) in [5.41, 5.74) is 4.41. The molecule has 1 fully saturated rings. The third kappa shape index (κ3) is 1.21. The van der Waals surface area contributed by atoms with E-state index >= 15 is 0 Å². The molecule has 68 valence electrons. The second kappa shape index (κ2) is 2.73. The van der Waals surface area contributed by atoms with Crippen LogP contribution >= 0.6 is 0 Å². The Morgan fingerprint density at radius 1 is 1.23 bits per heavy atom. The lowest BCUT2D eigenvalue weighted by Crippen LogP contribution is -2.33. The van der Waals surface area contributed by atoms with Crippen LogP contribution in [0.1, 0.15) is 30.9 Å². The van der Waals surface area contributed by atoms with Gasteiger partial charge >= 0.3 is 0 Å². The number of hydrogen-bond donors (Lipinski definition) is 0. The molecule has 0 spiro atoms. The first-order chi connectivity index (χ1) is 6.13. The molecular weight excluding hydrogens is 156 g/mol. The molecule has 0 unspecified atom stereocenters. The summed E-state index contributed by atoms with van der Waals surface area (Å²) in [6, 6.07) is 8.84. The van der Waals surface area contributed by atoms with Crippen molar-refractivity contribution in [3.63, 3.8) is 0 Å². The van der Waals surface area contributed by atoms with Crippen LogP contribution in [0.5, 0.6) is 0 Å². The van der Waals surface area contributed by atoms with Crippen LogP contribution in [-0.2, 0) is 5.41 Å². The van der Waals surface area contributed by atoms with Crippen LogP contribution in [0.2, 0.25) is 0 Å². The van der Waals surface area contributed by atoms with Crippen molar-refractivity contribution in [1.29, 1.82) is 0 Å². The number of rotatable bonds is 1. The van der Waals surface area contributed by atoms with Gasteiger partial charge in [-0.15, -0.1) is 0 Å². The summed E-state index contributed by atoms with van der Waals surface area (Å²) in [5, 5.41) is 0. The van der Waals surface area contributed by atoms with Gasteiger partial charge in [0.05, 0.1) is 0 Å². The Morgan fingerprint density at radius 3 is 2.23 bits per heavy atom. The van der Waals surface area contributed by atoms with Crippen LogP contribution in [-0.4, -0.2) is 0 Å². The minimum atomic E-state index is 0.272. The van der Waals surface area contributed by atoms with Crippen LogP contribution in [0.4, 0.5) is 0 Å². The Hall–Kier alpha value is -1.04. The fraction of sp³-hybridized carbons (Fsp3) is 0.385. The molecule has 0 aromatic heterocycles. The summed E-state index contributed by atoms with van der Waals surface area (Å²) in [4.78, 5) is 0. The Balaban J connectivity index is 2.35. The molecular formula is C13H16. The number of aryl methyl sites for hydroxylation is 1. The highest BCUT2D eigenvalue weighted by molar-refractivity contribution is 5.40. The van der Waals surface area contributed by atoms with Crippen molar-refractivity contribution in [2.24, 2.45) is 0 Å². The standard InChI is InChI=1S/C13H16/c1-10-4-6-12(7-5-10)13(3)9-8-11(13)2/h4-7H,2,8-9H2,1,3H3/t13-/m1/s1. The first-order valence-corrected chi connectivity index (χ1v) is 4.88. The van der Waals surface area contributed by atoms with Gasteiger partial charge in [0, 0.05) is 5.41 Å². The lowest BCUT2D eigenvalue weighted by molar-refractivity contribution is 0.397. The summed E-state index contributed by atoms with van der Waals surface area (Å²) < 4.78 is 0. The van der Waals surface area contributed by atoms with Gasteiger partial charge < -0.3 is 0 Å². The molecule has 13 heavy (non-hydrogen) atoms. The summed E-state index contributed by atoms with van der Waals surface area (Å²) in [5.74, 6) is 0. The molecule has 1 saturated carbocycles. The average Bonchev–Trinajstić information content (AvgIpc) is 2.15. The second-order valence-electron chi connectivity index (χ2n) is 4.30. The van der Waals surface area contributed by atoms with Gasteiger partial charge in [-0.2, -0.15) is 0 Å². The Morgan fingerprint density at radius 2 is 1.85 bits per heavy atom. The van der Waals surface area contributed by atoms with Gasteiger partial charge in [0.25, 0.3) is 0 Å². The van der Waals surface area contributed by atoms with Crippen molar-refractivity contribution in [3.05, 3.63) is 47.5 Å². The Bertz CT molecular complexity index is 332. The van der Waals surface area contributed by atoms with E-state index in [1.165, 1.54) is 29.5 Å². The van der Waals surface area contributed by atoms with Gasteiger partial charge in [0.2, 0.25) is 0 Å². The maximum Gasteiger partial charge on any atom is 0.0134 e. The minimum absolute atomic E-state index is 0.272. The van der Waals surface area contributed by atoms with E-state index in [1.54, 1.807) is 0 Å². The third-order valence-corrected chi connectivity index (χ3v) is 3.40. The first kappa shape index (κ1) is 8.55. The van der Waals surface area contributed by atoms with Crippen LogP contribution in [0, 0.1) is 6.92 Å². The fourth-order valence-electron chi connectivity index (χ4n) is 1.95. The van der Waals surface area contributed by atoms with Crippen molar-refractivity contribution in [3.8, 4) is 0 Å². The van der Waals surface area contributed by atoms with E-state index in [1.807, 2.05) is 0 Å². The summed E-state index contributed by atoms with van der Waals surface area (Å²) >= 11 is 0. The molecule has 0 amide bonds. The van der Waals surface area contributed by atoms with E-state index < -0.39 is 0 Å². The van der Waals surface area contributed by atoms with E-state index in [-0.39, 0.29) is 5.41 Å². The number of hydrogen-bond acceptors (Lipinski definition) is 0. The fourth-order valence-corrected chi connectivity index (χ4v) is 1.95. The molecule has 1 aliphatic rings. The topological polar surface area (TPSA) is 0 Å². The SMILES string of the molecule is C=C1CC[C@@]1(C)c1ccc(C)cc1. The van der Waals surface area contributed by atoms with Crippen LogP contribution in [0.25, 0.3) is 0 Å². The molecule has 0 bridgehead atoms. The number of allylic oxidation sites excluding steroid dienone is 1. The lowest BCUT2D eigenvalue weighted by atomic mass is 9.62. The summed E-state index contributed by atoms with van der Waals surface area (Å²) in [6.45, 7) is 8.53. The van der Waals surface area contributed by atoms with Crippen LogP contribution in [0.15, 0.2) is 36.4 Å². The van der Waals surface area contributed by atoms with Gasteiger partial charge in [-0.3, -0.25) is 0 Å². The molecule has 1 atom stereocenters. The molecule has 1 aliphatic carbocycles. The smallest absolute Gasteiger partial charge is 0.0134 e. The van der Waals surface area contributed by atoms with Gasteiger partial charge in [-0.05, 0) is 25.3 Å². The van der Waals surface area contributed by atoms with Crippen molar-refractivity contribution in [2.75, 3.05) is 0 Å². The van der Waals surface area contributed by atoms with Crippen LogP contribution < -0.4 is 0 Å². The average molecular weight is 172 g/mol. The zero-order valence-electron chi connectivity index (χ0n) is 8.43. The first-order valence-electron chi connectivity index (χ1n) is 4.88. The largest absolute Gasteiger partial charge is 0.0990 e. The zero-order valence-corrected chi connectivity index (χ0v) is 8.43. The summed E-state index contributed by atoms with van der Waals surface area (Å²) in [7, 11) is 0. The maximum atomic E-state index is 4.11. The molecule has 0 N–H and O–H groups in total. The molecule has 1 aromatic carbocycles. The van der Waals surface area contributed by atoms with Crippen molar-refractivity contribution in [1.82, 2.24) is 0 Å². The van der Waals surface area contributed by atoms with E-state index in [4.69, 9.17) is 0 Å². The second-order valence-corrected chi connectivity index (χ2v) is 4.30. The third-order valence-electron chi connectivity index (χ3n) is 3.40. The molecule has 0 heteroatoms. The normalized spacial score (nSPS) is 27.1. The maximum absolute atomic E-state index is 4.11. The van der Waals surface area contributed by atoms with Gasteiger partial charge in [0.1, 0.15) is 0 Å². The summed E-state index contributed by atoms with van der Waals surface area (Å²) in [6.07, 6.45) is 2.46. The minimum Gasteiger partial charge on any atom is -0.0990 e. The van der Waals surface area contributed by atoms with E-state index in [2.05, 4.69) is 44.7 Å². The van der Waals surface area contributed by atoms with E-state index in [9.17, 15) is 0 Å². The quantitative estimate of drug-likeness (QED) is 0.568. The van der Waals surface area contributed by atoms with Crippen molar-refractivity contribution in [2.45, 2.75) is 32.1 Å². The molecule has 0 aliphatic heterocycles. The predicted octanol–water partition coefficient (Wildman–Crippen LogP) is 3.60. The molecule has 0 heterocycles. The predicted molar refractivity (Wildman–Crippen MR) is 56.9 cm³/mol. The molecule has 0 radical (unpaired) electrons. The highest BCUT2D eigenvalue weighted by Crippen LogP contribution is 2.46. The van der Waals surface area contributed by atoms with Crippen LogP contribution in [0.3, 0.4) is 0 Å². The van der Waals surface area contributed by atoms with Crippen molar-refractivity contribution >= 4 is 0 Å². The van der Waals surface area contributed by atoms with Gasteiger partial charge in [0.15, 0.2) is 0 Å². The van der Waals surface area contributed by atoms with Gasteiger partial charge in [-0.1, -0.05) is 48.9 Å². The molecule has 0 nitrogen and oxygen atoms in total. The Labute approximate surface area is 80.3 Å². The number of benzene rings is 1. The van der Waals surface area contributed by atoms with Crippen molar-refractivity contribution < 1.29 is 0 Å². The zero-order chi connectivity index (χ0) is 9.47. The molecule has 0 saturated heterocycles.